The van der Waals surface area contributed by atoms with Gasteiger partial charge in [0.25, 0.3) is 0 Å². The number of anilines is 1. The molecular formula is C12H16N4O. The van der Waals surface area contributed by atoms with E-state index in [1.807, 2.05) is 32.3 Å². The van der Waals surface area contributed by atoms with Gasteiger partial charge in [-0.05, 0) is 19.1 Å². The molecule has 5 heteroatoms. The molecule has 0 amide bonds. The van der Waals surface area contributed by atoms with Gasteiger partial charge in [-0.15, -0.1) is 0 Å². The quantitative estimate of drug-likeness (QED) is 0.872. The summed E-state index contributed by atoms with van der Waals surface area (Å²) in [4.78, 5) is 4.18. The molecular weight excluding hydrogens is 216 g/mol. The first-order valence-electron chi connectivity index (χ1n) is 5.42. The number of pyridine rings is 1. The molecule has 0 aliphatic rings. The van der Waals surface area contributed by atoms with Gasteiger partial charge < -0.3 is 10.1 Å². The van der Waals surface area contributed by atoms with Gasteiger partial charge in [0.2, 0.25) is 0 Å². The average molecular weight is 232 g/mol. The number of methoxy groups -OCH3 is 1. The van der Waals surface area contributed by atoms with Gasteiger partial charge >= 0.3 is 0 Å². The Bertz CT molecular complexity index is 507. The van der Waals surface area contributed by atoms with E-state index >= 15 is 0 Å². The first-order chi connectivity index (χ1) is 8.19. The fourth-order valence-electron chi connectivity index (χ4n) is 1.59. The summed E-state index contributed by atoms with van der Waals surface area (Å²) in [5, 5.41) is 7.60. The summed E-state index contributed by atoms with van der Waals surface area (Å²) in [5.41, 5.74) is 2.88. The van der Waals surface area contributed by atoms with Crippen molar-refractivity contribution >= 4 is 5.69 Å². The standard InChI is InChI=1S/C12H16N4O/c1-9-6-11(12(17-3)8-13-9)14-7-10-4-5-16(2)15-10/h4-6,8H,7H2,1-3H3,(H,13,14). The Kier molecular flexibility index (Phi) is 3.27. The van der Waals surface area contributed by atoms with Crippen LogP contribution in [-0.2, 0) is 13.6 Å². The fraction of sp³-hybridized carbons (Fsp3) is 0.333. The molecule has 90 valence electrons. The largest absolute Gasteiger partial charge is 0.493 e. The van der Waals surface area contributed by atoms with Crippen molar-refractivity contribution in [3.8, 4) is 5.75 Å². The van der Waals surface area contributed by atoms with E-state index in [0.717, 1.165) is 22.8 Å². The molecule has 0 atom stereocenters. The third kappa shape index (κ3) is 2.75. The van der Waals surface area contributed by atoms with Crippen LogP contribution in [0.15, 0.2) is 24.5 Å². The lowest BCUT2D eigenvalue weighted by molar-refractivity contribution is 0.414. The minimum atomic E-state index is 0.667. The molecule has 0 aromatic carbocycles. The lowest BCUT2D eigenvalue weighted by atomic mass is 10.3. The van der Waals surface area contributed by atoms with Gasteiger partial charge in [0.05, 0.1) is 31.2 Å². The molecule has 0 unspecified atom stereocenters. The summed E-state index contributed by atoms with van der Waals surface area (Å²) in [7, 11) is 3.54. The Morgan fingerprint density at radius 3 is 2.94 bits per heavy atom. The van der Waals surface area contributed by atoms with Crippen molar-refractivity contribution in [2.75, 3.05) is 12.4 Å². The molecule has 5 nitrogen and oxygen atoms in total. The molecule has 0 radical (unpaired) electrons. The molecule has 0 aliphatic carbocycles. The van der Waals surface area contributed by atoms with Crippen molar-refractivity contribution in [3.63, 3.8) is 0 Å². The van der Waals surface area contributed by atoms with Gasteiger partial charge in [-0.1, -0.05) is 0 Å². The van der Waals surface area contributed by atoms with Crippen molar-refractivity contribution in [1.82, 2.24) is 14.8 Å². The van der Waals surface area contributed by atoms with Crippen LogP contribution in [-0.4, -0.2) is 21.9 Å². The van der Waals surface area contributed by atoms with E-state index in [1.165, 1.54) is 0 Å². The molecule has 0 saturated heterocycles. The van der Waals surface area contributed by atoms with Crippen LogP contribution in [0.4, 0.5) is 5.69 Å². The Hall–Kier alpha value is -2.04. The second-order valence-corrected chi connectivity index (χ2v) is 3.86. The van der Waals surface area contributed by atoms with Gasteiger partial charge in [0, 0.05) is 18.9 Å². The van der Waals surface area contributed by atoms with E-state index in [9.17, 15) is 0 Å². The summed E-state index contributed by atoms with van der Waals surface area (Å²) in [5.74, 6) is 0.742. The fourth-order valence-corrected chi connectivity index (χ4v) is 1.59. The number of rotatable bonds is 4. The Morgan fingerprint density at radius 2 is 2.29 bits per heavy atom. The molecule has 17 heavy (non-hydrogen) atoms. The molecule has 2 aromatic heterocycles. The molecule has 1 N–H and O–H groups in total. The zero-order valence-electron chi connectivity index (χ0n) is 10.3. The highest BCUT2D eigenvalue weighted by Crippen LogP contribution is 2.23. The molecule has 2 rings (SSSR count). The van der Waals surface area contributed by atoms with E-state index in [-0.39, 0.29) is 0 Å². The normalized spacial score (nSPS) is 10.3. The number of ether oxygens (including phenoxy) is 1. The second-order valence-electron chi connectivity index (χ2n) is 3.86. The molecule has 2 aromatic rings. The van der Waals surface area contributed by atoms with Gasteiger partial charge in [-0.2, -0.15) is 5.10 Å². The molecule has 0 aliphatic heterocycles. The molecule has 0 spiro atoms. The molecule has 0 bridgehead atoms. The number of hydrogen-bond donors (Lipinski definition) is 1. The highest BCUT2D eigenvalue weighted by Gasteiger charge is 2.04. The summed E-state index contributed by atoms with van der Waals surface area (Å²) in [6.45, 7) is 2.62. The second kappa shape index (κ2) is 4.86. The third-order valence-corrected chi connectivity index (χ3v) is 2.45. The SMILES string of the molecule is COc1cnc(C)cc1NCc1ccn(C)n1. The van der Waals surface area contributed by atoms with Gasteiger partial charge in [-0.25, -0.2) is 0 Å². The number of hydrogen-bond acceptors (Lipinski definition) is 4. The van der Waals surface area contributed by atoms with Crippen LogP contribution in [0.5, 0.6) is 5.75 Å². The maximum Gasteiger partial charge on any atom is 0.160 e. The van der Waals surface area contributed by atoms with Crippen molar-refractivity contribution in [3.05, 3.63) is 35.9 Å². The maximum absolute atomic E-state index is 5.24. The Labute approximate surface area is 100 Å². The summed E-state index contributed by atoms with van der Waals surface area (Å²) in [6.07, 6.45) is 3.64. The van der Waals surface area contributed by atoms with Crippen LogP contribution in [0.2, 0.25) is 0 Å². The van der Waals surface area contributed by atoms with Crippen LogP contribution < -0.4 is 10.1 Å². The number of nitrogens with one attached hydrogen (secondary N) is 1. The first kappa shape index (κ1) is 11.4. The smallest absolute Gasteiger partial charge is 0.160 e. The van der Waals surface area contributed by atoms with Crippen molar-refractivity contribution in [2.24, 2.45) is 7.05 Å². The minimum Gasteiger partial charge on any atom is -0.493 e. The van der Waals surface area contributed by atoms with E-state index in [0.29, 0.717) is 6.54 Å². The van der Waals surface area contributed by atoms with Crippen molar-refractivity contribution < 1.29 is 4.74 Å². The average Bonchev–Trinajstić information content (AvgIpc) is 2.73. The van der Waals surface area contributed by atoms with Crippen molar-refractivity contribution in [2.45, 2.75) is 13.5 Å². The van der Waals surface area contributed by atoms with E-state index < -0.39 is 0 Å². The zero-order chi connectivity index (χ0) is 12.3. The maximum atomic E-state index is 5.24. The van der Waals surface area contributed by atoms with Crippen LogP contribution in [0, 0.1) is 6.92 Å². The highest BCUT2D eigenvalue weighted by atomic mass is 16.5. The minimum absolute atomic E-state index is 0.667. The third-order valence-electron chi connectivity index (χ3n) is 2.45. The van der Waals surface area contributed by atoms with E-state index in [2.05, 4.69) is 15.4 Å². The Morgan fingerprint density at radius 1 is 1.47 bits per heavy atom. The van der Waals surface area contributed by atoms with Crippen LogP contribution in [0.1, 0.15) is 11.4 Å². The van der Waals surface area contributed by atoms with Crippen molar-refractivity contribution in [1.29, 1.82) is 0 Å². The van der Waals surface area contributed by atoms with E-state index in [1.54, 1.807) is 18.0 Å². The summed E-state index contributed by atoms with van der Waals surface area (Å²) < 4.78 is 7.03. The monoisotopic (exact) mass is 232 g/mol. The topological polar surface area (TPSA) is 52.0 Å². The zero-order valence-corrected chi connectivity index (χ0v) is 10.3. The Balaban J connectivity index is 2.10. The van der Waals surface area contributed by atoms with Gasteiger partial charge in [0.1, 0.15) is 0 Å². The van der Waals surface area contributed by atoms with Crippen LogP contribution in [0.25, 0.3) is 0 Å². The molecule has 0 saturated carbocycles. The summed E-state index contributed by atoms with van der Waals surface area (Å²) >= 11 is 0. The predicted octanol–water partition coefficient (Wildman–Crippen LogP) is 1.74. The predicted molar refractivity (Wildman–Crippen MR) is 66.1 cm³/mol. The lowest BCUT2D eigenvalue weighted by Crippen LogP contribution is -2.03. The van der Waals surface area contributed by atoms with E-state index in [4.69, 9.17) is 4.74 Å². The van der Waals surface area contributed by atoms with Gasteiger partial charge in [0.15, 0.2) is 5.75 Å². The van der Waals surface area contributed by atoms with Crippen LogP contribution in [0.3, 0.4) is 0 Å². The highest BCUT2D eigenvalue weighted by molar-refractivity contribution is 5.55. The van der Waals surface area contributed by atoms with Crippen LogP contribution >= 0.6 is 0 Å². The number of aromatic nitrogens is 3. The first-order valence-corrected chi connectivity index (χ1v) is 5.42. The van der Waals surface area contributed by atoms with Gasteiger partial charge in [-0.3, -0.25) is 9.67 Å². The number of nitrogens with zero attached hydrogens (tertiary/aromatic N) is 3. The molecule has 2 heterocycles. The molecule has 0 fully saturated rings. The summed E-state index contributed by atoms with van der Waals surface area (Å²) in [6, 6.07) is 3.94. The lowest BCUT2D eigenvalue weighted by Gasteiger charge is -2.10. The number of aryl methyl sites for hydroxylation is 2.